The molecule has 1 aliphatic carbocycles. The predicted molar refractivity (Wildman–Crippen MR) is 83.3 cm³/mol. The third kappa shape index (κ3) is 6.81. The number of nitrogens with one attached hydrogen (secondary N) is 2. The van der Waals surface area contributed by atoms with Crippen LogP contribution in [0.1, 0.15) is 53.4 Å². The molecule has 0 radical (unpaired) electrons. The average Bonchev–Trinajstić information content (AvgIpc) is 2.35. The molecule has 0 heterocycles. The molecule has 4 N–H and O–H groups in total. The second-order valence-electron chi connectivity index (χ2n) is 6.41. The zero-order valence-corrected chi connectivity index (χ0v) is 13.1. The van der Waals surface area contributed by atoms with E-state index in [1.54, 1.807) is 0 Å². The lowest BCUT2D eigenvalue weighted by molar-refractivity contribution is 0.285. The van der Waals surface area contributed by atoms with Crippen molar-refractivity contribution >= 4 is 5.96 Å². The number of nitrogens with zero attached hydrogens (tertiary/aromatic N) is 1. The van der Waals surface area contributed by atoms with Gasteiger partial charge in [-0.1, -0.05) is 0 Å². The molecule has 4 nitrogen and oxygen atoms in total. The molecule has 4 heteroatoms. The maximum Gasteiger partial charge on any atom is 0.191 e. The Morgan fingerprint density at radius 1 is 1.00 bits per heavy atom. The molecule has 1 saturated carbocycles. The molecular formula is C15H32N4. The Hall–Kier alpha value is -0.770. The van der Waals surface area contributed by atoms with Crippen molar-refractivity contribution in [2.45, 2.75) is 65.5 Å². The minimum Gasteiger partial charge on any atom is -0.354 e. The molecule has 112 valence electrons. The minimum absolute atomic E-state index is 0.415. The molecule has 1 fully saturated rings. The number of hydrogen-bond donors (Lipinski definition) is 3. The summed E-state index contributed by atoms with van der Waals surface area (Å²) in [7, 11) is 0. The normalized spacial score (nSPS) is 23.5. The lowest BCUT2D eigenvalue weighted by Crippen LogP contribution is -2.44. The van der Waals surface area contributed by atoms with Crippen LogP contribution in [0.5, 0.6) is 0 Å². The van der Waals surface area contributed by atoms with E-state index < -0.39 is 0 Å². The van der Waals surface area contributed by atoms with Crippen molar-refractivity contribution in [3.63, 3.8) is 0 Å². The first-order chi connectivity index (χ1) is 9.01. The van der Waals surface area contributed by atoms with E-state index in [0.717, 1.165) is 30.9 Å². The third-order valence-electron chi connectivity index (χ3n) is 3.66. The van der Waals surface area contributed by atoms with E-state index in [9.17, 15) is 0 Å². The maximum absolute atomic E-state index is 5.73. The number of nitrogens with two attached hydrogens (primary N) is 1. The van der Waals surface area contributed by atoms with Gasteiger partial charge in [-0.2, -0.15) is 0 Å². The average molecular weight is 268 g/mol. The van der Waals surface area contributed by atoms with Crippen molar-refractivity contribution in [3.05, 3.63) is 0 Å². The molecular weight excluding hydrogens is 236 g/mol. The van der Waals surface area contributed by atoms with E-state index >= 15 is 0 Å². The standard InChI is InChI=1S/C15H32N4/c1-11(2)18-15(19-12(3)4)17-10-14-7-5-13(9-16)6-8-14/h11-14H,5-10,16H2,1-4H3,(H2,17,18,19). The van der Waals surface area contributed by atoms with Gasteiger partial charge in [0.2, 0.25) is 0 Å². The summed E-state index contributed by atoms with van der Waals surface area (Å²) in [6.07, 6.45) is 5.12. The van der Waals surface area contributed by atoms with Crippen LogP contribution in [-0.4, -0.2) is 31.1 Å². The maximum atomic E-state index is 5.73. The van der Waals surface area contributed by atoms with E-state index in [0.29, 0.717) is 12.1 Å². The van der Waals surface area contributed by atoms with Crippen molar-refractivity contribution < 1.29 is 0 Å². The number of guanidine groups is 1. The Kier molecular flexibility index (Phi) is 7.21. The summed E-state index contributed by atoms with van der Waals surface area (Å²) < 4.78 is 0. The fourth-order valence-corrected chi connectivity index (χ4v) is 2.55. The molecule has 0 aromatic heterocycles. The Labute approximate surface area is 118 Å². The van der Waals surface area contributed by atoms with Gasteiger partial charge < -0.3 is 16.4 Å². The Balaban J connectivity index is 2.41. The third-order valence-corrected chi connectivity index (χ3v) is 3.66. The topological polar surface area (TPSA) is 62.4 Å². The smallest absolute Gasteiger partial charge is 0.191 e. The van der Waals surface area contributed by atoms with Crippen LogP contribution in [0.4, 0.5) is 0 Å². The minimum atomic E-state index is 0.415. The van der Waals surface area contributed by atoms with Gasteiger partial charge in [-0.3, -0.25) is 4.99 Å². The lowest BCUT2D eigenvalue weighted by Gasteiger charge is -2.27. The monoisotopic (exact) mass is 268 g/mol. The van der Waals surface area contributed by atoms with Crippen molar-refractivity contribution in [2.24, 2.45) is 22.6 Å². The molecule has 0 aromatic rings. The van der Waals surface area contributed by atoms with Crippen molar-refractivity contribution in [1.82, 2.24) is 10.6 Å². The second-order valence-corrected chi connectivity index (χ2v) is 6.41. The van der Waals surface area contributed by atoms with Crippen molar-refractivity contribution in [3.8, 4) is 0 Å². The summed E-state index contributed by atoms with van der Waals surface area (Å²) in [5, 5.41) is 6.78. The van der Waals surface area contributed by atoms with Crippen LogP contribution >= 0.6 is 0 Å². The summed E-state index contributed by atoms with van der Waals surface area (Å²) >= 11 is 0. The molecule has 0 bridgehead atoms. The highest BCUT2D eigenvalue weighted by molar-refractivity contribution is 5.80. The predicted octanol–water partition coefficient (Wildman–Crippen LogP) is 2.10. The summed E-state index contributed by atoms with van der Waals surface area (Å²) in [6, 6.07) is 0.830. The van der Waals surface area contributed by atoms with Gasteiger partial charge in [0.15, 0.2) is 5.96 Å². The zero-order valence-electron chi connectivity index (χ0n) is 13.1. The van der Waals surface area contributed by atoms with Gasteiger partial charge in [0.25, 0.3) is 0 Å². The fraction of sp³-hybridized carbons (Fsp3) is 0.933. The summed E-state index contributed by atoms with van der Waals surface area (Å²) in [4.78, 5) is 4.74. The van der Waals surface area contributed by atoms with Gasteiger partial charge in [0.05, 0.1) is 0 Å². The molecule has 0 amide bonds. The Morgan fingerprint density at radius 3 is 1.89 bits per heavy atom. The highest BCUT2D eigenvalue weighted by atomic mass is 15.2. The fourth-order valence-electron chi connectivity index (χ4n) is 2.55. The van der Waals surface area contributed by atoms with Crippen LogP contribution < -0.4 is 16.4 Å². The van der Waals surface area contributed by atoms with Crippen LogP contribution in [-0.2, 0) is 0 Å². The molecule has 0 aliphatic heterocycles. The molecule has 0 spiro atoms. The molecule has 1 rings (SSSR count). The lowest BCUT2D eigenvalue weighted by atomic mass is 9.82. The molecule has 0 unspecified atom stereocenters. The van der Waals surface area contributed by atoms with Crippen molar-refractivity contribution in [1.29, 1.82) is 0 Å². The Morgan fingerprint density at radius 2 is 1.47 bits per heavy atom. The first kappa shape index (κ1) is 16.3. The first-order valence-corrected chi connectivity index (χ1v) is 7.78. The van der Waals surface area contributed by atoms with Gasteiger partial charge in [0, 0.05) is 18.6 Å². The van der Waals surface area contributed by atoms with Crippen molar-refractivity contribution in [2.75, 3.05) is 13.1 Å². The van der Waals surface area contributed by atoms with E-state index in [1.165, 1.54) is 25.7 Å². The summed E-state index contributed by atoms with van der Waals surface area (Å²) in [5.74, 6) is 2.44. The Bertz CT molecular complexity index is 253. The van der Waals surface area contributed by atoms with E-state index in [4.69, 9.17) is 10.7 Å². The van der Waals surface area contributed by atoms with Crippen LogP contribution in [0.25, 0.3) is 0 Å². The highest BCUT2D eigenvalue weighted by Gasteiger charge is 2.20. The zero-order chi connectivity index (χ0) is 14.3. The van der Waals surface area contributed by atoms with Gasteiger partial charge in [0.1, 0.15) is 0 Å². The molecule has 1 aliphatic rings. The van der Waals surface area contributed by atoms with E-state index in [-0.39, 0.29) is 0 Å². The summed E-state index contributed by atoms with van der Waals surface area (Å²) in [5.41, 5.74) is 5.73. The van der Waals surface area contributed by atoms with Gasteiger partial charge in [-0.05, 0) is 71.8 Å². The van der Waals surface area contributed by atoms with E-state index in [2.05, 4.69) is 38.3 Å². The summed E-state index contributed by atoms with van der Waals surface area (Å²) in [6.45, 7) is 10.4. The highest BCUT2D eigenvalue weighted by Crippen LogP contribution is 2.28. The van der Waals surface area contributed by atoms with Crippen LogP contribution in [0.15, 0.2) is 4.99 Å². The number of aliphatic imine (C=N–C) groups is 1. The largest absolute Gasteiger partial charge is 0.354 e. The molecule has 19 heavy (non-hydrogen) atoms. The van der Waals surface area contributed by atoms with Gasteiger partial charge >= 0.3 is 0 Å². The number of hydrogen-bond acceptors (Lipinski definition) is 2. The van der Waals surface area contributed by atoms with Crippen LogP contribution in [0, 0.1) is 11.8 Å². The second kappa shape index (κ2) is 8.41. The van der Waals surface area contributed by atoms with Gasteiger partial charge in [-0.15, -0.1) is 0 Å². The quantitative estimate of drug-likeness (QED) is 0.528. The molecule has 0 aromatic carbocycles. The first-order valence-electron chi connectivity index (χ1n) is 7.78. The molecule has 0 saturated heterocycles. The van der Waals surface area contributed by atoms with E-state index in [1.807, 2.05) is 0 Å². The SMILES string of the molecule is CC(C)NC(=NCC1CCC(CN)CC1)NC(C)C. The van der Waals surface area contributed by atoms with Gasteiger partial charge in [-0.25, -0.2) is 0 Å². The van der Waals surface area contributed by atoms with Crippen LogP contribution in [0.2, 0.25) is 0 Å². The van der Waals surface area contributed by atoms with Crippen LogP contribution in [0.3, 0.4) is 0 Å². The molecule has 0 atom stereocenters. The number of rotatable bonds is 5.